The van der Waals surface area contributed by atoms with Crippen LogP contribution in [0.15, 0.2) is 96.3 Å². The summed E-state index contributed by atoms with van der Waals surface area (Å²) in [6, 6.07) is 20.8. The molecule has 0 aliphatic rings. The Labute approximate surface area is 188 Å². The van der Waals surface area contributed by atoms with Crippen LogP contribution in [0.5, 0.6) is 0 Å². The summed E-state index contributed by atoms with van der Waals surface area (Å²) in [5.41, 5.74) is 5.51. The van der Waals surface area contributed by atoms with Crippen LogP contribution in [0.1, 0.15) is 5.56 Å². The minimum absolute atomic E-state index is 0.113. The Hall–Kier alpha value is -4.65. The maximum Gasteiger partial charge on any atom is 0.255 e. The summed E-state index contributed by atoms with van der Waals surface area (Å²) in [4.78, 5) is 27.0. The molecule has 0 atom stereocenters. The molecule has 0 saturated carbocycles. The lowest BCUT2D eigenvalue weighted by Crippen LogP contribution is -2.18. The molecule has 6 aromatic rings. The van der Waals surface area contributed by atoms with E-state index in [1.54, 1.807) is 40.0 Å². The fourth-order valence-corrected chi connectivity index (χ4v) is 4.03. The molecule has 0 radical (unpaired) electrons. The number of hydrogen-bond acceptors (Lipinski definition) is 5. The molecular weight excluding hydrogens is 412 g/mol. The maximum atomic E-state index is 13.0. The van der Waals surface area contributed by atoms with Crippen molar-refractivity contribution in [3.8, 4) is 22.8 Å². The molecule has 0 spiro atoms. The molecule has 0 N–H and O–H groups in total. The molecule has 33 heavy (non-hydrogen) atoms. The summed E-state index contributed by atoms with van der Waals surface area (Å²) >= 11 is 0. The van der Waals surface area contributed by atoms with Crippen molar-refractivity contribution in [2.75, 3.05) is 0 Å². The number of aryl methyl sites for hydroxylation is 1. The molecule has 0 saturated heterocycles. The molecule has 7 nitrogen and oxygen atoms in total. The number of hydrogen-bond donors (Lipinski definition) is 0. The van der Waals surface area contributed by atoms with Crippen molar-refractivity contribution in [1.29, 1.82) is 0 Å². The van der Waals surface area contributed by atoms with Crippen molar-refractivity contribution in [2.24, 2.45) is 0 Å². The van der Waals surface area contributed by atoms with Crippen molar-refractivity contribution < 1.29 is 0 Å². The van der Waals surface area contributed by atoms with Crippen molar-refractivity contribution in [3.05, 3.63) is 107 Å². The predicted molar refractivity (Wildman–Crippen MR) is 128 cm³/mol. The third kappa shape index (κ3) is 3.27. The second-order valence-electron chi connectivity index (χ2n) is 7.83. The molecule has 0 unspecified atom stereocenters. The molecule has 0 fully saturated rings. The van der Waals surface area contributed by atoms with Gasteiger partial charge in [-0.3, -0.25) is 14.3 Å². The second-order valence-corrected chi connectivity index (χ2v) is 7.83. The Morgan fingerprint density at radius 2 is 1.82 bits per heavy atom. The van der Waals surface area contributed by atoms with Gasteiger partial charge in [0.05, 0.1) is 16.7 Å². The van der Waals surface area contributed by atoms with E-state index in [4.69, 9.17) is 4.98 Å². The van der Waals surface area contributed by atoms with Crippen molar-refractivity contribution in [1.82, 2.24) is 29.3 Å². The smallest absolute Gasteiger partial charge is 0.255 e. The zero-order valence-electron chi connectivity index (χ0n) is 17.8. The summed E-state index contributed by atoms with van der Waals surface area (Å²) in [5.74, 6) is 0.727. The Morgan fingerprint density at radius 1 is 0.879 bits per heavy atom. The Bertz CT molecular complexity index is 1690. The van der Waals surface area contributed by atoms with Gasteiger partial charge < -0.3 is 0 Å². The standard InChI is InChI=1S/C26H18N6O/c1-17-4-2-5-20(14-17)32-24(33)11-7-19-16-27-22-9-8-21(30-25(22)26(19)32)18-6-10-23(28-15-18)31-13-3-12-29-31/h2-16H,1H3. The average Bonchev–Trinajstić information content (AvgIpc) is 3.39. The van der Waals surface area contributed by atoms with Gasteiger partial charge in [0.1, 0.15) is 5.52 Å². The fourth-order valence-electron chi connectivity index (χ4n) is 4.03. The normalized spacial score (nSPS) is 11.3. The van der Waals surface area contributed by atoms with E-state index in [9.17, 15) is 4.79 Å². The quantitative estimate of drug-likeness (QED) is 0.387. The number of nitrogens with zero attached hydrogens (tertiary/aromatic N) is 6. The van der Waals surface area contributed by atoms with Crippen LogP contribution in [0, 0.1) is 6.92 Å². The van der Waals surface area contributed by atoms with E-state index in [1.807, 2.05) is 67.7 Å². The first-order valence-electron chi connectivity index (χ1n) is 10.5. The van der Waals surface area contributed by atoms with Crippen LogP contribution < -0.4 is 5.56 Å². The van der Waals surface area contributed by atoms with Crippen LogP contribution in [-0.4, -0.2) is 29.3 Å². The highest BCUT2D eigenvalue weighted by atomic mass is 16.1. The fraction of sp³-hybridized carbons (Fsp3) is 0.0385. The average molecular weight is 430 g/mol. The molecule has 5 heterocycles. The summed E-state index contributed by atoms with van der Waals surface area (Å²) in [6.07, 6.45) is 7.12. The number of benzene rings is 1. The Balaban J connectivity index is 1.58. The van der Waals surface area contributed by atoms with Gasteiger partial charge in [-0.05, 0) is 61.0 Å². The summed E-state index contributed by atoms with van der Waals surface area (Å²) in [6.45, 7) is 2.01. The number of fused-ring (bicyclic) bond motifs is 3. The largest absolute Gasteiger partial charge is 0.275 e. The molecular formula is C26H18N6O. The highest BCUT2D eigenvalue weighted by Crippen LogP contribution is 2.27. The van der Waals surface area contributed by atoms with Gasteiger partial charge in [0.15, 0.2) is 5.82 Å². The van der Waals surface area contributed by atoms with Crippen LogP contribution in [0.4, 0.5) is 0 Å². The van der Waals surface area contributed by atoms with E-state index in [2.05, 4.69) is 15.1 Å². The molecule has 158 valence electrons. The minimum atomic E-state index is -0.113. The minimum Gasteiger partial charge on any atom is -0.275 e. The van der Waals surface area contributed by atoms with Crippen LogP contribution in [0.25, 0.3) is 44.7 Å². The Morgan fingerprint density at radius 3 is 2.61 bits per heavy atom. The second kappa shape index (κ2) is 7.49. The highest BCUT2D eigenvalue weighted by Gasteiger charge is 2.13. The van der Waals surface area contributed by atoms with Gasteiger partial charge in [-0.25, -0.2) is 14.6 Å². The van der Waals surface area contributed by atoms with E-state index in [-0.39, 0.29) is 5.56 Å². The monoisotopic (exact) mass is 430 g/mol. The van der Waals surface area contributed by atoms with Gasteiger partial charge in [-0.15, -0.1) is 0 Å². The molecule has 1 aromatic carbocycles. The molecule has 0 aliphatic heterocycles. The molecule has 0 aliphatic carbocycles. The SMILES string of the molecule is Cc1cccc(-n2c(=O)ccc3cnc4ccc(-c5ccc(-n6cccn6)nc5)nc4c32)c1. The molecule has 0 amide bonds. The van der Waals surface area contributed by atoms with Gasteiger partial charge in [-0.1, -0.05) is 12.1 Å². The van der Waals surface area contributed by atoms with Gasteiger partial charge in [0.25, 0.3) is 5.56 Å². The number of rotatable bonds is 3. The van der Waals surface area contributed by atoms with E-state index in [1.165, 1.54) is 0 Å². The van der Waals surface area contributed by atoms with Crippen LogP contribution >= 0.6 is 0 Å². The lowest BCUT2D eigenvalue weighted by molar-refractivity contribution is 0.847. The molecule has 6 rings (SSSR count). The zero-order valence-corrected chi connectivity index (χ0v) is 17.8. The van der Waals surface area contributed by atoms with Crippen LogP contribution in [-0.2, 0) is 0 Å². The lowest BCUT2D eigenvalue weighted by atomic mass is 10.1. The summed E-state index contributed by atoms with van der Waals surface area (Å²) < 4.78 is 3.41. The number of pyridine rings is 4. The Kier molecular flexibility index (Phi) is 4.33. The summed E-state index contributed by atoms with van der Waals surface area (Å²) in [7, 11) is 0. The van der Waals surface area contributed by atoms with E-state index >= 15 is 0 Å². The summed E-state index contributed by atoms with van der Waals surface area (Å²) in [5, 5.41) is 5.06. The third-order valence-corrected chi connectivity index (χ3v) is 5.61. The van der Waals surface area contributed by atoms with Crippen molar-refractivity contribution in [3.63, 3.8) is 0 Å². The first-order chi connectivity index (χ1) is 16.2. The van der Waals surface area contributed by atoms with E-state index < -0.39 is 0 Å². The van der Waals surface area contributed by atoms with Gasteiger partial charge >= 0.3 is 0 Å². The molecule has 5 aromatic heterocycles. The highest BCUT2D eigenvalue weighted by molar-refractivity contribution is 6.02. The first kappa shape index (κ1) is 19.1. The molecule has 7 heteroatoms. The van der Waals surface area contributed by atoms with Gasteiger partial charge in [-0.2, -0.15) is 5.10 Å². The van der Waals surface area contributed by atoms with Crippen LogP contribution in [0.3, 0.4) is 0 Å². The molecule has 0 bridgehead atoms. The topological polar surface area (TPSA) is 78.5 Å². The third-order valence-electron chi connectivity index (χ3n) is 5.61. The van der Waals surface area contributed by atoms with E-state index in [0.717, 1.165) is 44.7 Å². The zero-order chi connectivity index (χ0) is 22.4. The van der Waals surface area contributed by atoms with Gasteiger partial charge in [0.2, 0.25) is 0 Å². The van der Waals surface area contributed by atoms with Gasteiger partial charge in [0, 0.05) is 47.5 Å². The van der Waals surface area contributed by atoms with Crippen molar-refractivity contribution >= 4 is 21.9 Å². The number of aromatic nitrogens is 6. The van der Waals surface area contributed by atoms with Crippen molar-refractivity contribution in [2.45, 2.75) is 6.92 Å². The first-order valence-corrected chi connectivity index (χ1v) is 10.5. The maximum absolute atomic E-state index is 13.0. The van der Waals surface area contributed by atoms with E-state index in [0.29, 0.717) is 5.52 Å². The lowest BCUT2D eigenvalue weighted by Gasteiger charge is -2.13. The predicted octanol–water partition coefficient (Wildman–Crippen LogP) is 4.49. The van der Waals surface area contributed by atoms with Crippen LogP contribution in [0.2, 0.25) is 0 Å².